The number of amides is 1. The number of hydrogen-bond acceptors (Lipinski definition) is 5. The minimum Gasteiger partial charge on any atom is -0.497 e. The quantitative estimate of drug-likeness (QED) is 0.780. The molecule has 0 fully saturated rings. The molecule has 1 aromatic heterocycles. The van der Waals surface area contributed by atoms with Crippen molar-refractivity contribution in [3.63, 3.8) is 0 Å². The lowest BCUT2D eigenvalue weighted by atomic mass is 10.2. The van der Waals surface area contributed by atoms with Crippen LogP contribution in [0.25, 0.3) is 11.4 Å². The van der Waals surface area contributed by atoms with E-state index in [2.05, 4.69) is 15.5 Å². The van der Waals surface area contributed by atoms with Crippen LogP contribution >= 0.6 is 0 Å². The molecule has 0 aliphatic heterocycles. The molecule has 3 aromatic rings. The third-order valence-electron chi connectivity index (χ3n) is 3.31. The van der Waals surface area contributed by atoms with Crippen LogP contribution in [-0.4, -0.2) is 23.2 Å². The normalized spacial score (nSPS) is 10.4. The molecule has 122 valence electrons. The highest BCUT2D eigenvalue weighted by Crippen LogP contribution is 2.21. The summed E-state index contributed by atoms with van der Waals surface area (Å²) in [5.74, 6) is 0.139. The van der Waals surface area contributed by atoms with Crippen LogP contribution in [-0.2, 0) is 6.54 Å². The molecule has 0 aliphatic rings. The zero-order valence-corrected chi connectivity index (χ0v) is 12.8. The molecule has 2 aromatic carbocycles. The fraction of sp³-hybridized carbons (Fsp3) is 0.118. The number of ether oxygens (including phenoxy) is 1. The molecular formula is C17H14FN3O3. The standard InChI is InChI=1S/C17H14FN3O3/c1-23-12-6-4-5-11(9-12)16-20-15(24-21-16)10-19-17(22)13-7-2-3-8-14(13)18/h2-9H,10H2,1H3,(H,19,22). The van der Waals surface area contributed by atoms with E-state index in [1.807, 2.05) is 12.1 Å². The number of aromatic nitrogens is 2. The van der Waals surface area contributed by atoms with Crippen LogP contribution in [0.15, 0.2) is 53.1 Å². The first-order chi connectivity index (χ1) is 11.7. The number of carbonyl (C=O) groups excluding carboxylic acids is 1. The summed E-state index contributed by atoms with van der Waals surface area (Å²) in [5, 5.41) is 6.41. The molecule has 0 unspecified atom stereocenters. The highest BCUT2D eigenvalue weighted by molar-refractivity contribution is 5.94. The Morgan fingerprint density at radius 2 is 2.08 bits per heavy atom. The van der Waals surface area contributed by atoms with Gasteiger partial charge in [0.15, 0.2) is 0 Å². The molecule has 0 saturated carbocycles. The SMILES string of the molecule is COc1cccc(-c2noc(CNC(=O)c3ccccc3F)n2)c1. The fourth-order valence-electron chi connectivity index (χ4n) is 2.10. The highest BCUT2D eigenvalue weighted by Gasteiger charge is 2.13. The Bertz CT molecular complexity index is 864. The molecule has 0 saturated heterocycles. The maximum Gasteiger partial charge on any atom is 0.254 e. The first-order valence-corrected chi connectivity index (χ1v) is 7.17. The van der Waals surface area contributed by atoms with Gasteiger partial charge in [0.25, 0.3) is 5.91 Å². The summed E-state index contributed by atoms with van der Waals surface area (Å²) in [7, 11) is 1.57. The van der Waals surface area contributed by atoms with E-state index in [0.29, 0.717) is 11.6 Å². The largest absolute Gasteiger partial charge is 0.497 e. The number of nitrogens with one attached hydrogen (secondary N) is 1. The number of hydrogen-bond donors (Lipinski definition) is 1. The summed E-state index contributed by atoms with van der Waals surface area (Å²) in [6.07, 6.45) is 0. The minimum atomic E-state index is -0.586. The van der Waals surface area contributed by atoms with Crippen molar-refractivity contribution in [3.8, 4) is 17.1 Å². The molecule has 0 aliphatic carbocycles. The third-order valence-corrected chi connectivity index (χ3v) is 3.31. The molecule has 0 bridgehead atoms. The molecule has 0 radical (unpaired) electrons. The van der Waals surface area contributed by atoms with Gasteiger partial charge in [-0.1, -0.05) is 29.4 Å². The smallest absolute Gasteiger partial charge is 0.254 e. The Morgan fingerprint density at radius 3 is 2.88 bits per heavy atom. The topological polar surface area (TPSA) is 77.3 Å². The molecular weight excluding hydrogens is 313 g/mol. The summed E-state index contributed by atoms with van der Waals surface area (Å²) in [6, 6.07) is 12.9. The summed E-state index contributed by atoms with van der Waals surface area (Å²) < 4.78 is 23.8. The Balaban J connectivity index is 1.68. The van der Waals surface area contributed by atoms with Gasteiger partial charge in [0.05, 0.1) is 19.2 Å². The van der Waals surface area contributed by atoms with E-state index in [1.165, 1.54) is 18.2 Å². The zero-order chi connectivity index (χ0) is 16.9. The lowest BCUT2D eigenvalue weighted by Crippen LogP contribution is -2.23. The highest BCUT2D eigenvalue weighted by atomic mass is 19.1. The van der Waals surface area contributed by atoms with Crippen molar-refractivity contribution < 1.29 is 18.4 Å². The lowest BCUT2D eigenvalue weighted by molar-refractivity contribution is 0.0942. The second-order valence-corrected chi connectivity index (χ2v) is 4.91. The molecule has 7 heteroatoms. The second kappa shape index (κ2) is 6.91. The van der Waals surface area contributed by atoms with Crippen molar-refractivity contribution >= 4 is 5.91 Å². The van der Waals surface area contributed by atoms with Gasteiger partial charge in [0.2, 0.25) is 11.7 Å². The van der Waals surface area contributed by atoms with E-state index in [9.17, 15) is 9.18 Å². The van der Waals surface area contributed by atoms with Gasteiger partial charge in [-0.3, -0.25) is 4.79 Å². The molecule has 0 atom stereocenters. The van der Waals surface area contributed by atoms with Crippen molar-refractivity contribution in [2.75, 3.05) is 7.11 Å². The predicted octanol–water partition coefficient (Wildman–Crippen LogP) is 2.81. The zero-order valence-electron chi connectivity index (χ0n) is 12.8. The molecule has 1 N–H and O–H groups in total. The predicted molar refractivity (Wildman–Crippen MR) is 83.9 cm³/mol. The summed E-state index contributed by atoms with van der Waals surface area (Å²) in [5.41, 5.74) is 0.690. The molecule has 3 rings (SSSR count). The number of carbonyl (C=O) groups is 1. The van der Waals surface area contributed by atoms with E-state index < -0.39 is 11.7 Å². The number of methoxy groups -OCH3 is 1. The number of halogens is 1. The Labute approximate surface area is 137 Å². The fourth-order valence-corrected chi connectivity index (χ4v) is 2.10. The molecule has 6 nitrogen and oxygen atoms in total. The number of nitrogens with zero attached hydrogens (tertiary/aromatic N) is 2. The molecule has 1 amide bonds. The Morgan fingerprint density at radius 1 is 1.25 bits per heavy atom. The van der Waals surface area contributed by atoms with E-state index >= 15 is 0 Å². The Hall–Kier alpha value is -3.22. The average Bonchev–Trinajstić information content (AvgIpc) is 3.09. The first kappa shape index (κ1) is 15.7. The van der Waals surface area contributed by atoms with E-state index in [4.69, 9.17) is 9.26 Å². The van der Waals surface area contributed by atoms with Gasteiger partial charge in [-0.25, -0.2) is 4.39 Å². The molecule has 1 heterocycles. The molecule has 24 heavy (non-hydrogen) atoms. The molecule has 0 spiro atoms. The monoisotopic (exact) mass is 327 g/mol. The number of benzene rings is 2. The summed E-state index contributed by atoms with van der Waals surface area (Å²) >= 11 is 0. The van der Waals surface area contributed by atoms with Crippen molar-refractivity contribution in [1.29, 1.82) is 0 Å². The minimum absolute atomic E-state index is 0.00410. The first-order valence-electron chi connectivity index (χ1n) is 7.17. The lowest BCUT2D eigenvalue weighted by Gasteiger charge is -2.03. The third kappa shape index (κ3) is 3.40. The Kier molecular flexibility index (Phi) is 4.51. The van der Waals surface area contributed by atoms with Gasteiger partial charge in [0.1, 0.15) is 11.6 Å². The van der Waals surface area contributed by atoms with Gasteiger partial charge in [-0.15, -0.1) is 0 Å². The second-order valence-electron chi connectivity index (χ2n) is 4.91. The van der Waals surface area contributed by atoms with Crippen LogP contribution in [0.5, 0.6) is 5.75 Å². The average molecular weight is 327 g/mol. The van der Waals surface area contributed by atoms with Crippen LogP contribution in [0.2, 0.25) is 0 Å². The van der Waals surface area contributed by atoms with Crippen LogP contribution in [0.1, 0.15) is 16.2 Å². The summed E-state index contributed by atoms with van der Waals surface area (Å²) in [4.78, 5) is 16.1. The van der Waals surface area contributed by atoms with Gasteiger partial charge in [0, 0.05) is 5.56 Å². The van der Waals surface area contributed by atoms with Crippen molar-refractivity contribution in [1.82, 2.24) is 15.5 Å². The van der Waals surface area contributed by atoms with Gasteiger partial charge < -0.3 is 14.6 Å². The van der Waals surface area contributed by atoms with E-state index in [-0.39, 0.29) is 18.0 Å². The van der Waals surface area contributed by atoms with Crippen LogP contribution in [0, 0.1) is 5.82 Å². The van der Waals surface area contributed by atoms with Crippen molar-refractivity contribution in [3.05, 3.63) is 65.8 Å². The maximum absolute atomic E-state index is 13.5. The number of rotatable bonds is 5. The van der Waals surface area contributed by atoms with Crippen LogP contribution in [0.3, 0.4) is 0 Å². The van der Waals surface area contributed by atoms with Crippen LogP contribution < -0.4 is 10.1 Å². The van der Waals surface area contributed by atoms with Crippen molar-refractivity contribution in [2.24, 2.45) is 0 Å². The van der Waals surface area contributed by atoms with Gasteiger partial charge in [-0.05, 0) is 24.3 Å². The van der Waals surface area contributed by atoms with E-state index in [0.717, 1.165) is 5.56 Å². The van der Waals surface area contributed by atoms with Gasteiger partial charge in [-0.2, -0.15) is 4.98 Å². The van der Waals surface area contributed by atoms with E-state index in [1.54, 1.807) is 25.3 Å². The van der Waals surface area contributed by atoms with Crippen molar-refractivity contribution in [2.45, 2.75) is 6.54 Å². The maximum atomic E-state index is 13.5. The summed E-state index contributed by atoms with van der Waals surface area (Å²) in [6.45, 7) is 0.00410. The van der Waals surface area contributed by atoms with Gasteiger partial charge >= 0.3 is 0 Å². The van der Waals surface area contributed by atoms with Crippen LogP contribution in [0.4, 0.5) is 4.39 Å².